The van der Waals surface area contributed by atoms with Crippen molar-refractivity contribution in [3.63, 3.8) is 0 Å². The van der Waals surface area contributed by atoms with Crippen LogP contribution in [-0.2, 0) is 6.42 Å². The van der Waals surface area contributed by atoms with Crippen molar-refractivity contribution in [2.24, 2.45) is 0 Å². The molecular weight excluding hydrogens is 286 g/mol. The number of rotatable bonds is 2. The fourth-order valence-electron chi connectivity index (χ4n) is 2.71. The Bertz CT molecular complexity index is 550. The molecule has 0 fully saturated rings. The fraction of sp³-hybridized carbons (Fsp3) is 0.250. The number of hydrogen-bond acceptors (Lipinski definition) is 1. The van der Waals surface area contributed by atoms with Gasteiger partial charge in [0.25, 0.3) is 0 Å². The quantitative estimate of drug-likeness (QED) is 0.785. The van der Waals surface area contributed by atoms with Gasteiger partial charge in [-0.1, -0.05) is 46.3 Å². The highest BCUT2D eigenvalue weighted by atomic mass is 79.9. The minimum Gasteiger partial charge on any atom is -0.364 e. The van der Waals surface area contributed by atoms with Crippen LogP contribution in [0.4, 0.5) is 5.69 Å². The lowest BCUT2D eigenvalue weighted by Gasteiger charge is -2.27. The van der Waals surface area contributed by atoms with Crippen LogP contribution in [0.15, 0.2) is 53.0 Å². The van der Waals surface area contributed by atoms with Crippen molar-refractivity contribution < 1.29 is 0 Å². The van der Waals surface area contributed by atoms with E-state index in [9.17, 15) is 0 Å². The maximum Gasteiger partial charge on any atom is 0.0514 e. The van der Waals surface area contributed by atoms with E-state index in [0.717, 1.165) is 13.0 Å². The van der Waals surface area contributed by atoms with Crippen molar-refractivity contribution >= 4 is 21.6 Å². The minimum absolute atomic E-state index is 0.439. The summed E-state index contributed by atoms with van der Waals surface area (Å²) in [5.74, 6) is 0. The van der Waals surface area contributed by atoms with E-state index in [2.05, 4.69) is 76.3 Å². The molecule has 1 aliphatic heterocycles. The largest absolute Gasteiger partial charge is 0.364 e. The summed E-state index contributed by atoms with van der Waals surface area (Å²) in [6.45, 7) is 3.40. The molecule has 2 aromatic carbocycles. The van der Waals surface area contributed by atoms with Crippen molar-refractivity contribution in [3.8, 4) is 0 Å². The average Bonchev–Trinajstić information content (AvgIpc) is 2.81. The number of benzene rings is 2. The first-order valence-electron chi connectivity index (χ1n) is 6.36. The molecule has 92 valence electrons. The number of nitrogens with zero attached hydrogens (tertiary/aromatic N) is 1. The molecule has 0 spiro atoms. The molecular formula is C16H16BrN. The smallest absolute Gasteiger partial charge is 0.0514 e. The molecule has 0 aliphatic carbocycles. The zero-order valence-corrected chi connectivity index (χ0v) is 12.0. The lowest BCUT2D eigenvalue weighted by Crippen LogP contribution is -2.24. The van der Waals surface area contributed by atoms with Gasteiger partial charge >= 0.3 is 0 Å². The molecule has 2 heteroatoms. The Labute approximate surface area is 117 Å². The Morgan fingerprint density at radius 2 is 1.89 bits per heavy atom. The Morgan fingerprint density at radius 3 is 2.67 bits per heavy atom. The van der Waals surface area contributed by atoms with Gasteiger partial charge in [0, 0.05) is 16.7 Å². The van der Waals surface area contributed by atoms with E-state index in [1.165, 1.54) is 21.3 Å². The second-order valence-corrected chi connectivity index (χ2v) is 5.72. The highest BCUT2D eigenvalue weighted by Crippen LogP contribution is 2.36. The second kappa shape index (κ2) is 4.77. The summed E-state index contributed by atoms with van der Waals surface area (Å²) >= 11 is 3.55. The van der Waals surface area contributed by atoms with Crippen LogP contribution in [0.1, 0.15) is 24.1 Å². The molecule has 0 saturated heterocycles. The number of hydrogen-bond donors (Lipinski definition) is 0. The summed E-state index contributed by atoms with van der Waals surface area (Å²) < 4.78 is 1.18. The summed E-state index contributed by atoms with van der Waals surface area (Å²) in [4.78, 5) is 2.50. The summed E-state index contributed by atoms with van der Waals surface area (Å²) in [6.07, 6.45) is 1.14. The third kappa shape index (κ3) is 2.05. The summed E-state index contributed by atoms with van der Waals surface area (Å²) in [5.41, 5.74) is 4.22. The van der Waals surface area contributed by atoms with Crippen LogP contribution >= 0.6 is 15.9 Å². The van der Waals surface area contributed by atoms with Gasteiger partial charge in [-0.25, -0.2) is 0 Å². The molecule has 1 aliphatic rings. The Balaban J connectivity index is 1.93. The van der Waals surface area contributed by atoms with Crippen molar-refractivity contribution in [1.29, 1.82) is 0 Å². The maximum absolute atomic E-state index is 3.55. The van der Waals surface area contributed by atoms with Crippen LogP contribution in [0, 0.1) is 0 Å². The average molecular weight is 302 g/mol. The first-order chi connectivity index (χ1) is 8.75. The van der Waals surface area contributed by atoms with Crippen molar-refractivity contribution in [2.45, 2.75) is 19.4 Å². The monoisotopic (exact) mass is 301 g/mol. The third-order valence-electron chi connectivity index (χ3n) is 3.72. The van der Waals surface area contributed by atoms with Gasteiger partial charge in [-0.2, -0.15) is 0 Å². The number of halogens is 1. The second-order valence-electron chi connectivity index (χ2n) is 4.80. The Hall–Kier alpha value is -1.28. The Morgan fingerprint density at radius 1 is 1.11 bits per heavy atom. The fourth-order valence-corrected chi connectivity index (χ4v) is 3.12. The van der Waals surface area contributed by atoms with Gasteiger partial charge in [0.15, 0.2) is 0 Å². The van der Waals surface area contributed by atoms with E-state index in [0.29, 0.717) is 6.04 Å². The molecule has 1 nitrogen and oxygen atoms in total. The van der Waals surface area contributed by atoms with E-state index in [1.807, 2.05) is 0 Å². The molecule has 0 aromatic heterocycles. The zero-order valence-electron chi connectivity index (χ0n) is 10.4. The molecule has 1 heterocycles. The van der Waals surface area contributed by atoms with Crippen LogP contribution in [0.5, 0.6) is 0 Å². The molecule has 18 heavy (non-hydrogen) atoms. The zero-order chi connectivity index (χ0) is 12.5. The van der Waals surface area contributed by atoms with Gasteiger partial charge in [0.1, 0.15) is 0 Å². The van der Waals surface area contributed by atoms with Gasteiger partial charge in [-0.15, -0.1) is 0 Å². The SMILES string of the molecule is CC(c1ccccc1)N1CCc2cc(Br)ccc21. The predicted molar refractivity (Wildman–Crippen MR) is 80.0 cm³/mol. The normalized spacial score (nSPS) is 15.6. The lowest BCUT2D eigenvalue weighted by atomic mass is 10.1. The molecule has 1 unspecified atom stereocenters. The highest BCUT2D eigenvalue weighted by molar-refractivity contribution is 9.10. The predicted octanol–water partition coefficient (Wildman–Crippen LogP) is 4.57. The highest BCUT2D eigenvalue weighted by Gasteiger charge is 2.24. The van der Waals surface area contributed by atoms with E-state index in [1.54, 1.807) is 0 Å². The van der Waals surface area contributed by atoms with Gasteiger partial charge in [0.05, 0.1) is 6.04 Å². The van der Waals surface area contributed by atoms with E-state index < -0.39 is 0 Å². The summed E-state index contributed by atoms with van der Waals surface area (Å²) in [5, 5.41) is 0. The minimum atomic E-state index is 0.439. The first-order valence-corrected chi connectivity index (χ1v) is 7.15. The standard InChI is InChI=1S/C16H16BrN/c1-12(13-5-3-2-4-6-13)18-10-9-14-11-15(17)7-8-16(14)18/h2-8,11-12H,9-10H2,1H3. The van der Waals surface area contributed by atoms with Gasteiger partial charge in [0.2, 0.25) is 0 Å². The van der Waals surface area contributed by atoms with Crippen molar-refractivity contribution in [1.82, 2.24) is 0 Å². The number of fused-ring (bicyclic) bond motifs is 1. The topological polar surface area (TPSA) is 3.24 Å². The van der Waals surface area contributed by atoms with Crippen molar-refractivity contribution in [3.05, 3.63) is 64.1 Å². The van der Waals surface area contributed by atoms with E-state index >= 15 is 0 Å². The lowest BCUT2D eigenvalue weighted by molar-refractivity contribution is 0.697. The maximum atomic E-state index is 3.55. The van der Waals surface area contributed by atoms with Crippen LogP contribution < -0.4 is 4.90 Å². The van der Waals surface area contributed by atoms with Gasteiger partial charge < -0.3 is 4.90 Å². The molecule has 0 N–H and O–H groups in total. The summed E-state index contributed by atoms with van der Waals surface area (Å²) in [7, 11) is 0. The first kappa shape index (κ1) is 11.8. The molecule has 0 bridgehead atoms. The number of anilines is 1. The van der Waals surface area contributed by atoms with Crippen LogP contribution in [0.2, 0.25) is 0 Å². The molecule has 0 amide bonds. The molecule has 3 rings (SSSR count). The molecule has 1 atom stereocenters. The van der Waals surface area contributed by atoms with Crippen molar-refractivity contribution in [2.75, 3.05) is 11.4 Å². The van der Waals surface area contributed by atoms with E-state index in [4.69, 9.17) is 0 Å². The molecule has 0 radical (unpaired) electrons. The molecule has 2 aromatic rings. The van der Waals surface area contributed by atoms with Crippen LogP contribution in [0.25, 0.3) is 0 Å². The van der Waals surface area contributed by atoms with Gasteiger partial charge in [-0.3, -0.25) is 0 Å². The van der Waals surface area contributed by atoms with Crippen LogP contribution in [0.3, 0.4) is 0 Å². The summed E-state index contributed by atoms with van der Waals surface area (Å²) in [6, 6.07) is 17.8. The van der Waals surface area contributed by atoms with Crippen LogP contribution in [-0.4, -0.2) is 6.54 Å². The third-order valence-corrected chi connectivity index (χ3v) is 4.22. The molecule has 0 saturated carbocycles. The van der Waals surface area contributed by atoms with E-state index in [-0.39, 0.29) is 0 Å². The van der Waals surface area contributed by atoms with Gasteiger partial charge in [-0.05, 0) is 42.7 Å². The Kier molecular flexibility index (Phi) is 3.13.